The van der Waals surface area contributed by atoms with Gasteiger partial charge in [-0.1, -0.05) is 35.0 Å². The third-order valence-electron chi connectivity index (χ3n) is 4.13. The number of nitrogens with one attached hydrogen (secondary N) is 1. The molecule has 1 atom stereocenters. The molecule has 0 radical (unpaired) electrons. The van der Waals surface area contributed by atoms with E-state index in [2.05, 4.69) is 10.5 Å². The standard InChI is InChI=1S/C17H21N3O2.ClH/c1-12-3-5-14(6-4-12)15-9-16(22-19-15)17(21)20-8-7-13(11-20)10-18-2;/h3-6,9,13,18H,7-8,10-11H2,1-2H3;1H. The van der Waals surface area contributed by atoms with Gasteiger partial charge in [0.15, 0.2) is 0 Å². The van der Waals surface area contributed by atoms with E-state index in [1.807, 2.05) is 43.1 Å². The Labute approximate surface area is 142 Å². The molecule has 1 saturated heterocycles. The van der Waals surface area contributed by atoms with Crippen molar-refractivity contribution >= 4 is 18.3 Å². The number of nitrogens with zero attached hydrogens (tertiary/aromatic N) is 2. The molecule has 0 bridgehead atoms. The molecule has 0 saturated carbocycles. The van der Waals surface area contributed by atoms with Crippen molar-refractivity contribution in [1.82, 2.24) is 15.4 Å². The topological polar surface area (TPSA) is 58.4 Å². The average Bonchev–Trinajstić information content (AvgIpc) is 3.17. The molecule has 1 fully saturated rings. The predicted molar refractivity (Wildman–Crippen MR) is 91.9 cm³/mol. The van der Waals surface area contributed by atoms with Gasteiger partial charge in [0.25, 0.3) is 5.91 Å². The number of hydrogen-bond acceptors (Lipinski definition) is 4. The zero-order valence-corrected chi connectivity index (χ0v) is 14.2. The number of carbonyl (C=O) groups is 1. The molecule has 124 valence electrons. The van der Waals surface area contributed by atoms with Gasteiger partial charge in [-0.05, 0) is 32.9 Å². The van der Waals surface area contributed by atoms with Crippen molar-refractivity contribution in [3.63, 3.8) is 0 Å². The highest BCUT2D eigenvalue weighted by Crippen LogP contribution is 2.22. The summed E-state index contributed by atoms with van der Waals surface area (Å²) in [5.41, 5.74) is 2.85. The maximum atomic E-state index is 12.5. The largest absolute Gasteiger partial charge is 0.350 e. The minimum absolute atomic E-state index is 0. The second-order valence-corrected chi connectivity index (χ2v) is 5.91. The van der Waals surface area contributed by atoms with Crippen LogP contribution in [0.25, 0.3) is 11.3 Å². The number of halogens is 1. The summed E-state index contributed by atoms with van der Waals surface area (Å²) in [5, 5.41) is 7.19. The summed E-state index contributed by atoms with van der Waals surface area (Å²) < 4.78 is 5.26. The van der Waals surface area contributed by atoms with Gasteiger partial charge in [0.2, 0.25) is 5.76 Å². The zero-order valence-electron chi connectivity index (χ0n) is 13.4. The van der Waals surface area contributed by atoms with Gasteiger partial charge in [0, 0.05) is 24.7 Å². The Morgan fingerprint density at radius 2 is 2.13 bits per heavy atom. The van der Waals surface area contributed by atoms with Crippen molar-refractivity contribution in [2.75, 3.05) is 26.7 Å². The number of aryl methyl sites for hydroxylation is 1. The van der Waals surface area contributed by atoms with E-state index in [1.165, 1.54) is 5.56 Å². The molecule has 1 aliphatic rings. The lowest BCUT2D eigenvalue weighted by Crippen LogP contribution is -2.30. The number of benzene rings is 1. The lowest BCUT2D eigenvalue weighted by atomic mass is 10.1. The van der Waals surface area contributed by atoms with Gasteiger partial charge in [0.1, 0.15) is 5.69 Å². The number of likely N-dealkylation sites (tertiary alicyclic amines) is 1. The fourth-order valence-corrected chi connectivity index (χ4v) is 2.86. The molecule has 1 aromatic carbocycles. The first kappa shape index (κ1) is 17.5. The van der Waals surface area contributed by atoms with Crippen LogP contribution < -0.4 is 5.32 Å². The zero-order chi connectivity index (χ0) is 15.5. The van der Waals surface area contributed by atoms with Crippen LogP contribution in [-0.2, 0) is 0 Å². The molecular formula is C17H22ClN3O2. The quantitative estimate of drug-likeness (QED) is 0.933. The van der Waals surface area contributed by atoms with Crippen LogP contribution in [0.4, 0.5) is 0 Å². The molecular weight excluding hydrogens is 314 g/mol. The summed E-state index contributed by atoms with van der Waals surface area (Å²) >= 11 is 0. The Kier molecular flexibility index (Phi) is 5.80. The van der Waals surface area contributed by atoms with Crippen LogP contribution >= 0.6 is 12.4 Å². The van der Waals surface area contributed by atoms with Gasteiger partial charge in [-0.2, -0.15) is 0 Å². The Bertz CT molecular complexity index is 654. The second kappa shape index (κ2) is 7.62. The average molecular weight is 336 g/mol. The highest BCUT2D eigenvalue weighted by atomic mass is 35.5. The Morgan fingerprint density at radius 3 is 2.83 bits per heavy atom. The van der Waals surface area contributed by atoms with Crippen LogP contribution in [0, 0.1) is 12.8 Å². The molecule has 0 spiro atoms. The number of carbonyl (C=O) groups excluding carboxylic acids is 1. The van der Waals surface area contributed by atoms with Gasteiger partial charge in [-0.25, -0.2) is 0 Å². The van der Waals surface area contributed by atoms with Gasteiger partial charge >= 0.3 is 0 Å². The van der Waals surface area contributed by atoms with E-state index in [1.54, 1.807) is 6.07 Å². The summed E-state index contributed by atoms with van der Waals surface area (Å²) in [6.07, 6.45) is 1.03. The van der Waals surface area contributed by atoms with E-state index < -0.39 is 0 Å². The maximum absolute atomic E-state index is 12.5. The lowest BCUT2D eigenvalue weighted by molar-refractivity contribution is 0.0746. The van der Waals surface area contributed by atoms with Crippen molar-refractivity contribution in [1.29, 1.82) is 0 Å². The van der Waals surface area contributed by atoms with Crippen molar-refractivity contribution in [3.8, 4) is 11.3 Å². The fraction of sp³-hybridized carbons (Fsp3) is 0.412. The third-order valence-corrected chi connectivity index (χ3v) is 4.13. The molecule has 2 heterocycles. The minimum atomic E-state index is -0.0653. The van der Waals surface area contributed by atoms with Crippen LogP contribution in [0.3, 0.4) is 0 Å². The smallest absolute Gasteiger partial charge is 0.292 e. The van der Waals surface area contributed by atoms with E-state index >= 15 is 0 Å². The van der Waals surface area contributed by atoms with Crippen LogP contribution in [-0.4, -0.2) is 42.6 Å². The maximum Gasteiger partial charge on any atom is 0.292 e. The molecule has 3 rings (SSSR count). The second-order valence-electron chi connectivity index (χ2n) is 5.91. The van der Waals surface area contributed by atoms with Gasteiger partial charge in [-0.15, -0.1) is 12.4 Å². The molecule has 23 heavy (non-hydrogen) atoms. The molecule has 1 aromatic heterocycles. The highest BCUT2D eigenvalue weighted by Gasteiger charge is 2.28. The van der Waals surface area contributed by atoms with Crippen LogP contribution in [0.15, 0.2) is 34.9 Å². The molecule has 5 nitrogen and oxygen atoms in total. The van der Waals surface area contributed by atoms with Crippen molar-refractivity contribution in [2.24, 2.45) is 5.92 Å². The summed E-state index contributed by atoms with van der Waals surface area (Å²) in [6, 6.07) is 9.75. The first-order chi connectivity index (χ1) is 10.7. The van der Waals surface area contributed by atoms with Gasteiger partial charge < -0.3 is 14.7 Å². The van der Waals surface area contributed by atoms with Crippen molar-refractivity contribution in [2.45, 2.75) is 13.3 Å². The molecule has 2 aromatic rings. The number of hydrogen-bond donors (Lipinski definition) is 1. The molecule has 1 unspecified atom stereocenters. The normalized spacial score (nSPS) is 17.1. The summed E-state index contributed by atoms with van der Waals surface area (Å²) in [7, 11) is 1.94. The van der Waals surface area contributed by atoms with Crippen LogP contribution in [0.2, 0.25) is 0 Å². The summed E-state index contributed by atoms with van der Waals surface area (Å²) in [6.45, 7) is 4.54. The molecule has 0 aliphatic carbocycles. The van der Waals surface area contributed by atoms with Crippen molar-refractivity contribution < 1.29 is 9.32 Å². The number of rotatable bonds is 4. The minimum Gasteiger partial charge on any atom is -0.350 e. The van der Waals surface area contributed by atoms with Gasteiger partial charge in [-0.3, -0.25) is 4.79 Å². The Balaban J connectivity index is 0.00000192. The highest BCUT2D eigenvalue weighted by molar-refractivity contribution is 5.92. The summed E-state index contributed by atoms with van der Waals surface area (Å²) in [5.74, 6) is 0.776. The van der Waals surface area contributed by atoms with Crippen molar-refractivity contribution in [3.05, 3.63) is 41.7 Å². The number of amides is 1. The molecule has 1 N–H and O–H groups in total. The number of aromatic nitrogens is 1. The predicted octanol–water partition coefficient (Wildman–Crippen LogP) is 2.75. The van der Waals surface area contributed by atoms with Crippen LogP contribution in [0.1, 0.15) is 22.5 Å². The Morgan fingerprint density at radius 1 is 1.39 bits per heavy atom. The Hall–Kier alpha value is -1.85. The SMILES string of the molecule is CNCC1CCN(C(=O)c2cc(-c3ccc(C)cc3)no2)C1.Cl. The monoisotopic (exact) mass is 335 g/mol. The van der Waals surface area contributed by atoms with Gasteiger partial charge in [0.05, 0.1) is 0 Å². The van der Waals surface area contributed by atoms with E-state index in [4.69, 9.17) is 4.52 Å². The fourth-order valence-electron chi connectivity index (χ4n) is 2.86. The lowest BCUT2D eigenvalue weighted by Gasteiger charge is -2.14. The molecule has 1 amide bonds. The van der Waals surface area contributed by atoms with Crippen LogP contribution in [0.5, 0.6) is 0 Å². The first-order valence-corrected chi connectivity index (χ1v) is 7.65. The molecule has 1 aliphatic heterocycles. The van der Waals surface area contributed by atoms with E-state index in [9.17, 15) is 4.79 Å². The third kappa shape index (κ3) is 3.92. The molecule has 6 heteroatoms. The van der Waals surface area contributed by atoms with E-state index in [0.29, 0.717) is 17.4 Å². The van der Waals surface area contributed by atoms with E-state index in [0.717, 1.165) is 31.6 Å². The summed E-state index contributed by atoms with van der Waals surface area (Å²) in [4.78, 5) is 14.3. The van der Waals surface area contributed by atoms with E-state index in [-0.39, 0.29) is 18.3 Å². The first-order valence-electron chi connectivity index (χ1n) is 7.65.